The van der Waals surface area contributed by atoms with Crippen LogP contribution in [0.4, 0.5) is 0 Å². The lowest BCUT2D eigenvalue weighted by molar-refractivity contribution is 0.450. The molecule has 3 heteroatoms. The van der Waals surface area contributed by atoms with Crippen LogP contribution in [0.1, 0.15) is 49.9 Å². The van der Waals surface area contributed by atoms with Crippen LogP contribution in [-0.2, 0) is 0 Å². The summed E-state index contributed by atoms with van der Waals surface area (Å²) in [5.41, 5.74) is 2.64. The summed E-state index contributed by atoms with van der Waals surface area (Å²) in [6, 6.07) is 0. The van der Waals surface area contributed by atoms with Gasteiger partial charge in [-0.25, -0.2) is 4.98 Å². The van der Waals surface area contributed by atoms with Gasteiger partial charge in [-0.3, -0.25) is 0 Å². The molecular formula is C11H19N3. The van der Waals surface area contributed by atoms with Crippen molar-refractivity contribution in [3.8, 4) is 0 Å². The maximum atomic E-state index is 4.41. The van der Waals surface area contributed by atoms with Crippen LogP contribution in [0.25, 0.3) is 0 Å². The highest BCUT2D eigenvalue weighted by Gasteiger charge is 2.21. The molecule has 1 fully saturated rings. The van der Waals surface area contributed by atoms with E-state index >= 15 is 0 Å². The van der Waals surface area contributed by atoms with Crippen LogP contribution in [0.2, 0.25) is 0 Å². The molecule has 2 rings (SSSR count). The van der Waals surface area contributed by atoms with E-state index in [4.69, 9.17) is 0 Å². The molecule has 0 amide bonds. The van der Waals surface area contributed by atoms with Gasteiger partial charge in [0.1, 0.15) is 0 Å². The van der Waals surface area contributed by atoms with E-state index in [1.165, 1.54) is 24.2 Å². The van der Waals surface area contributed by atoms with Gasteiger partial charge in [0.15, 0.2) is 0 Å². The van der Waals surface area contributed by atoms with Gasteiger partial charge in [0.2, 0.25) is 0 Å². The lowest BCUT2D eigenvalue weighted by Gasteiger charge is -2.23. The predicted molar refractivity (Wildman–Crippen MR) is 57.5 cm³/mol. The van der Waals surface area contributed by atoms with Gasteiger partial charge in [-0.1, -0.05) is 13.8 Å². The first-order valence-corrected chi connectivity index (χ1v) is 5.53. The Morgan fingerprint density at radius 3 is 2.71 bits per heavy atom. The lowest BCUT2D eigenvalue weighted by atomic mass is 9.91. The fourth-order valence-corrected chi connectivity index (χ4v) is 2.21. The first-order chi connectivity index (χ1) is 6.79. The van der Waals surface area contributed by atoms with Crippen molar-refractivity contribution in [2.24, 2.45) is 0 Å². The summed E-state index contributed by atoms with van der Waals surface area (Å²) in [7, 11) is 0. The molecule has 0 saturated carbocycles. The van der Waals surface area contributed by atoms with Crippen molar-refractivity contribution >= 4 is 0 Å². The molecule has 0 aliphatic carbocycles. The van der Waals surface area contributed by atoms with Gasteiger partial charge >= 0.3 is 0 Å². The molecule has 0 atom stereocenters. The van der Waals surface area contributed by atoms with Crippen molar-refractivity contribution in [1.29, 1.82) is 0 Å². The Morgan fingerprint density at radius 2 is 2.07 bits per heavy atom. The maximum Gasteiger partial charge on any atom is 0.0925 e. The summed E-state index contributed by atoms with van der Waals surface area (Å²) in [6.45, 7) is 6.70. The third-order valence-electron chi connectivity index (χ3n) is 2.99. The Balaban J connectivity index is 2.17. The number of piperidine rings is 1. The Hall–Kier alpha value is -0.830. The summed E-state index contributed by atoms with van der Waals surface area (Å²) in [5, 5.41) is 3.39. The highest BCUT2D eigenvalue weighted by atomic mass is 14.9. The van der Waals surface area contributed by atoms with Crippen LogP contribution in [0.5, 0.6) is 0 Å². The van der Waals surface area contributed by atoms with Crippen LogP contribution in [-0.4, -0.2) is 23.1 Å². The molecule has 1 aromatic rings. The molecule has 1 saturated heterocycles. The lowest BCUT2D eigenvalue weighted by Crippen LogP contribution is -2.27. The smallest absolute Gasteiger partial charge is 0.0925 e. The van der Waals surface area contributed by atoms with Gasteiger partial charge in [-0.15, -0.1) is 0 Å². The van der Waals surface area contributed by atoms with Crippen molar-refractivity contribution in [2.45, 2.75) is 38.5 Å². The van der Waals surface area contributed by atoms with Gasteiger partial charge in [-0.2, -0.15) is 0 Å². The van der Waals surface area contributed by atoms with E-state index in [2.05, 4.69) is 29.1 Å². The van der Waals surface area contributed by atoms with Crippen molar-refractivity contribution in [2.75, 3.05) is 13.1 Å². The molecule has 1 aromatic heterocycles. The number of rotatable bonds is 2. The summed E-state index contributed by atoms with van der Waals surface area (Å²) >= 11 is 0. The van der Waals surface area contributed by atoms with Gasteiger partial charge < -0.3 is 10.3 Å². The first kappa shape index (κ1) is 9.71. The van der Waals surface area contributed by atoms with Crippen molar-refractivity contribution in [3.63, 3.8) is 0 Å². The zero-order valence-corrected chi connectivity index (χ0v) is 9.01. The summed E-state index contributed by atoms with van der Waals surface area (Å²) in [5.74, 6) is 1.22. The number of imidazole rings is 1. The third kappa shape index (κ3) is 1.82. The van der Waals surface area contributed by atoms with Crippen LogP contribution >= 0.6 is 0 Å². The van der Waals surface area contributed by atoms with E-state index in [0.29, 0.717) is 11.8 Å². The monoisotopic (exact) mass is 193 g/mol. The van der Waals surface area contributed by atoms with Crippen LogP contribution in [0, 0.1) is 0 Å². The Bertz CT molecular complexity index is 284. The molecule has 2 N–H and O–H groups in total. The third-order valence-corrected chi connectivity index (χ3v) is 2.99. The number of hydrogen-bond donors (Lipinski definition) is 2. The maximum absolute atomic E-state index is 4.41. The van der Waals surface area contributed by atoms with E-state index in [0.717, 1.165) is 13.1 Å². The summed E-state index contributed by atoms with van der Waals surface area (Å²) in [4.78, 5) is 7.73. The minimum atomic E-state index is 0.533. The average Bonchev–Trinajstić information content (AvgIpc) is 2.67. The van der Waals surface area contributed by atoms with Crippen LogP contribution < -0.4 is 5.32 Å². The number of H-pyrrole nitrogens is 1. The topological polar surface area (TPSA) is 40.7 Å². The normalized spacial score (nSPS) is 19.1. The number of aromatic amines is 1. The first-order valence-electron chi connectivity index (χ1n) is 5.53. The summed E-state index contributed by atoms with van der Waals surface area (Å²) in [6.07, 6.45) is 4.32. The van der Waals surface area contributed by atoms with E-state index in [1.807, 2.05) is 6.33 Å². The Labute approximate surface area is 85.3 Å². The second-order valence-electron chi connectivity index (χ2n) is 4.38. The Kier molecular flexibility index (Phi) is 2.87. The molecule has 0 radical (unpaired) electrons. The number of hydrogen-bond acceptors (Lipinski definition) is 2. The largest absolute Gasteiger partial charge is 0.348 e. The molecule has 0 aromatic carbocycles. The minimum Gasteiger partial charge on any atom is -0.348 e. The van der Waals surface area contributed by atoms with Gasteiger partial charge in [0.05, 0.1) is 12.0 Å². The molecule has 3 nitrogen and oxygen atoms in total. The fraction of sp³-hybridized carbons (Fsp3) is 0.727. The zero-order chi connectivity index (χ0) is 9.97. The standard InChI is InChI=1S/C11H19N3/c1-8(2)10-11(14-7-13-10)9-3-5-12-6-4-9/h7-9,12H,3-6H2,1-2H3,(H,13,14). The van der Waals surface area contributed by atoms with E-state index < -0.39 is 0 Å². The number of nitrogens with one attached hydrogen (secondary N) is 2. The molecule has 1 aliphatic heterocycles. The van der Waals surface area contributed by atoms with Gasteiger partial charge in [0, 0.05) is 11.6 Å². The number of nitrogens with zero attached hydrogens (tertiary/aromatic N) is 1. The van der Waals surface area contributed by atoms with E-state index in [1.54, 1.807) is 0 Å². The number of aromatic nitrogens is 2. The molecule has 78 valence electrons. The van der Waals surface area contributed by atoms with Crippen molar-refractivity contribution in [3.05, 3.63) is 17.7 Å². The molecule has 0 unspecified atom stereocenters. The molecule has 0 bridgehead atoms. The fourth-order valence-electron chi connectivity index (χ4n) is 2.21. The van der Waals surface area contributed by atoms with E-state index in [-0.39, 0.29) is 0 Å². The molecule has 2 heterocycles. The molecular weight excluding hydrogens is 174 g/mol. The van der Waals surface area contributed by atoms with Crippen LogP contribution in [0.3, 0.4) is 0 Å². The molecule has 1 aliphatic rings. The second-order valence-corrected chi connectivity index (χ2v) is 4.38. The SMILES string of the molecule is CC(C)c1nc[nH]c1C1CCNCC1. The van der Waals surface area contributed by atoms with Crippen molar-refractivity contribution in [1.82, 2.24) is 15.3 Å². The average molecular weight is 193 g/mol. The highest BCUT2D eigenvalue weighted by molar-refractivity contribution is 5.20. The highest BCUT2D eigenvalue weighted by Crippen LogP contribution is 2.28. The van der Waals surface area contributed by atoms with Gasteiger partial charge in [-0.05, 0) is 31.8 Å². The second kappa shape index (κ2) is 4.13. The minimum absolute atomic E-state index is 0.533. The quantitative estimate of drug-likeness (QED) is 0.754. The van der Waals surface area contributed by atoms with Gasteiger partial charge in [0.25, 0.3) is 0 Å². The van der Waals surface area contributed by atoms with Crippen LogP contribution in [0.15, 0.2) is 6.33 Å². The van der Waals surface area contributed by atoms with Crippen molar-refractivity contribution < 1.29 is 0 Å². The molecule has 0 spiro atoms. The molecule has 14 heavy (non-hydrogen) atoms. The predicted octanol–water partition coefficient (Wildman–Crippen LogP) is 2.00. The Morgan fingerprint density at radius 1 is 1.36 bits per heavy atom. The van der Waals surface area contributed by atoms with E-state index in [9.17, 15) is 0 Å². The summed E-state index contributed by atoms with van der Waals surface area (Å²) < 4.78 is 0. The zero-order valence-electron chi connectivity index (χ0n) is 9.01.